The highest BCUT2D eigenvalue weighted by Crippen LogP contribution is 2.38. The lowest BCUT2D eigenvalue weighted by molar-refractivity contribution is 0.186. The van der Waals surface area contributed by atoms with E-state index < -0.39 is 0 Å². The van der Waals surface area contributed by atoms with Crippen molar-refractivity contribution in [1.82, 2.24) is 5.32 Å². The molecule has 0 saturated heterocycles. The summed E-state index contributed by atoms with van der Waals surface area (Å²) in [6.45, 7) is 7.40. The lowest BCUT2D eigenvalue weighted by Crippen LogP contribution is -2.30. The van der Waals surface area contributed by atoms with Crippen molar-refractivity contribution in [2.75, 3.05) is 6.54 Å². The van der Waals surface area contributed by atoms with E-state index in [4.69, 9.17) is 4.74 Å². The minimum atomic E-state index is 0.293. The van der Waals surface area contributed by atoms with Crippen LogP contribution in [0.2, 0.25) is 0 Å². The lowest BCUT2D eigenvalue weighted by atomic mass is 10.0. The first-order valence-corrected chi connectivity index (χ1v) is 5.76. The maximum absolute atomic E-state index is 5.94. The van der Waals surface area contributed by atoms with E-state index in [0.717, 1.165) is 18.7 Å². The minimum absolute atomic E-state index is 0.293. The Morgan fingerprint density at radius 2 is 2.13 bits per heavy atom. The zero-order valence-corrected chi connectivity index (χ0v) is 9.71. The van der Waals surface area contributed by atoms with Gasteiger partial charge in [0.2, 0.25) is 0 Å². The van der Waals surface area contributed by atoms with Gasteiger partial charge in [-0.1, -0.05) is 26.0 Å². The smallest absolute Gasteiger partial charge is 0.125 e. The Hall–Kier alpha value is -1.02. The summed E-state index contributed by atoms with van der Waals surface area (Å²) in [6.07, 6.45) is 1.34. The summed E-state index contributed by atoms with van der Waals surface area (Å²) < 4.78 is 5.94. The summed E-state index contributed by atoms with van der Waals surface area (Å²) >= 11 is 0. The topological polar surface area (TPSA) is 21.3 Å². The summed E-state index contributed by atoms with van der Waals surface area (Å²) in [6, 6.07) is 6.85. The average Bonchev–Trinajstić information content (AvgIpc) is 2.56. The molecule has 0 amide bonds. The van der Waals surface area contributed by atoms with E-state index in [2.05, 4.69) is 44.3 Å². The summed E-state index contributed by atoms with van der Waals surface area (Å²) in [5.74, 6) is 1.06. The monoisotopic (exact) mass is 205 g/mol. The number of benzene rings is 1. The number of fused-ring (bicyclic) bond motifs is 1. The molecule has 1 aliphatic rings. The Balaban J connectivity index is 2.31. The van der Waals surface area contributed by atoms with Gasteiger partial charge in [-0.15, -0.1) is 0 Å². The molecule has 0 aromatic heterocycles. The third-order valence-corrected chi connectivity index (χ3v) is 2.98. The van der Waals surface area contributed by atoms with Crippen molar-refractivity contribution >= 4 is 0 Å². The van der Waals surface area contributed by atoms with Crippen LogP contribution in [0.25, 0.3) is 0 Å². The van der Waals surface area contributed by atoms with Crippen LogP contribution in [0.15, 0.2) is 18.2 Å². The van der Waals surface area contributed by atoms with Crippen LogP contribution in [0.5, 0.6) is 5.75 Å². The average molecular weight is 205 g/mol. The molecule has 0 radical (unpaired) electrons. The van der Waals surface area contributed by atoms with Crippen molar-refractivity contribution in [3.63, 3.8) is 0 Å². The van der Waals surface area contributed by atoms with Gasteiger partial charge in [0.1, 0.15) is 11.9 Å². The Morgan fingerprint density at radius 3 is 2.80 bits per heavy atom. The molecule has 2 unspecified atom stereocenters. The predicted octanol–water partition coefficient (Wildman–Crippen LogP) is 2.82. The van der Waals surface area contributed by atoms with Crippen LogP contribution in [0, 0.1) is 6.92 Å². The molecule has 0 fully saturated rings. The third-order valence-electron chi connectivity index (χ3n) is 2.98. The van der Waals surface area contributed by atoms with Crippen molar-refractivity contribution in [3.05, 3.63) is 29.3 Å². The van der Waals surface area contributed by atoms with E-state index in [-0.39, 0.29) is 0 Å². The van der Waals surface area contributed by atoms with Gasteiger partial charge in [-0.25, -0.2) is 0 Å². The molecule has 1 N–H and O–H groups in total. The molecule has 15 heavy (non-hydrogen) atoms. The number of nitrogens with one attached hydrogen (secondary N) is 1. The van der Waals surface area contributed by atoms with E-state index >= 15 is 0 Å². The van der Waals surface area contributed by atoms with Crippen LogP contribution in [0.1, 0.15) is 37.4 Å². The summed E-state index contributed by atoms with van der Waals surface area (Å²) in [5, 5.41) is 3.50. The molecule has 82 valence electrons. The first-order chi connectivity index (χ1) is 7.26. The van der Waals surface area contributed by atoms with E-state index in [1.165, 1.54) is 11.1 Å². The first kappa shape index (κ1) is 10.5. The molecular formula is C13H19NO. The normalized spacial score (nSPS) is 23.7. The standard InChI is InChI=1S/C13H19NO/c1-4-11-13(14-5-2)10-7-6-9(3)8-12(10)15-11/h6-8,11,13-14H,4-5H2,1-3H3. The Morgan fingerprint density at radius 1 is 1.33 bits per heavy atom. The molecular weight excluding hydrogens is 186 g/mol. The molecule has 1 aromatic carbocycles. The number of ether oxygens (including phenoxy) is 1. The molecule has 0 saturated carbocycles. The van der Waals surface area contributed by atoms with E-state index in [9.17, 15) is 0 Å². The maximum atomic E-state index is 5.94. The maximum Gasteiger partial charge on any atom is 0.125 e. The first-order valence-electron chi connectivity index (χ1n) is 5.76. The molecule has 0 spiro atoms. The molecule has 0 bridgehead atoms. The molecule has 2 nitrogen and oxygen atoms in total. The van der Waals surface area contributed by atoms with Gasteiger partial charge in [0.05, 0.1) is 6.04 Å². The second-order valence-corrected chi connectivity index (χ2v) is 4.14. The van der Waals surface area contributed by atoms with Gasteiger partial charge in [-0.05, 0) is 31.5 Å². The zero-order valence-electron chi connectivity index (χ0n) is 9.71. The van der Waals surface area contributed by atoms with Gasteiger partial charge in [-0.2, -0.15) is 0 Å². The van der Waals surface area contributed by atoms with Crippen LogP contribution < -0.4 is 10.1 Å². The molecule has 2 heteroatoms. The molecule has 2 rings (SSSR count). The van der Waals surface area contributed by atoms with Gasteiger partial charge < -0.3 is 10.1 Å². The summed E-state index contributed by atoms with van der Waals surface area (Å²) in [4.78, 5) is 0. The highest BCUT2D eigenvalue weighted by molar-refractivity contribution is 5.43. The van der Waals surface area contributed by atoms with Gasteiger partial charge in [0.15, 0.2) is 0 Å². The third kappa shape index (κ3) is 1.86. The van der Waals surface area contributed by atoms with E-state index in [1.807, 2.05) is 0 Å². The number of rotatable bonds is 3. The van der Waals surface area contributed by atoms with Crippen LogP contribution >= 0.6 is 0 Å². The van der Waals surface area contributed by atoms with Gasteiger partial charge in [-0.3, -0.25) is 0 Å². The number of aryl methyl sites for hydroxylation is 1. The van der Waals surface area contributed by atoms with Crippen LogP contribution in [0.3, 0.4) is 0 Å². The molecule has 1 heterocycles. The quantitative estimate of drug-likeness (QED) is 0.819. The second-order valence-electron chi connectivity index (χ2n) is 4.14. The fourth-order valence-electron chi connectivity index (χ4n) is 2.21. The van der Waals surface area contributed by atoms with Crippen LogP contribution in [-0.2, 0) is 0 Å². The number of hydrogen-bond acceptors (Lipinski definition) is 2. The summed E-state index contributed by atoms with van der Waals surface area (Å²) in [7, 11) is 0. The van der Waals surface area contributed by atoms with Crippen LogP contribution in [0.4, 0.5) is 0 Å². The highest BCUT2D eigenvalue weighted by atomic mass is 16.5. The van der Waals surface area contributed by atoms with Crippen LogP contribution in [-0.4, -0.2) is 12.6 Å². The van der Waals surface area contributed by atoms with Crippen molar-refractivity contribution in [3.8, 4) is 5.75 Å². The van der Waals surface area contributed by atoms with Crippen molar-refractivity contribution in [2.24, 2.45) is 0 Å². The minimum Gasteiger partial charge on any atom is -0.488 e. The van der Waals surface area contributed by atoms with Crippen molar-refractivity contribution in [1.29, 1.82) is 0 Å². The lowest BCUT2D eigenvalue weighted by Gasteiger charge is -2.17. The van der Waals surface area contributed by atoms with E-state index in [0.29, 0.717) is 12.1 Å². The molecule has 1 aliphatic heterocycles. The zero-order chi connectivity index (χ0) is 10.8. The molecule has 0 aliphatic carbocycles. The van der Waals surface area contributed by atoms with E-state index in [1.54, 1.807) is 0 Å². The number of likely N-dealkylation sites (N-methyl/N-ethyl adjacent to an activating group) is 1. The predicted molar refractivity (Wildman–Crippen MR) is 62.3 cm³/mol. The molecule has 2 atom stereocenters. The second kappa shape index (κ2) is 4.23. The SMILES string of the molecule is CCNC1c2ccc(C)cc2OC1CC. The van der Waals surface area contributed by atoms with Gasteiger partial charge in [0, 0.05) is 5.56 Å². The van der Waals surface area contributed by atoms with Crippen molar-refractivity contribution < 1.29 is 4.74 Å². The Bertz CT molecular complexity index is 348. The van der Waals surface area contributed by atoms with Gasteiger partial charge >= 0.3 is 0 Å². The fraction of sp³-hybridized carbons (Fsp3) is 0.538. The summed E-state index contributed by atoms with van der Waals surface area (Å²) in [5.41, 5.74) is 2.58. The molecule has 1 aromatic rings. The Kier molecular flexibility index (Phi) is 2.96. The van der Waals surface area contributed by atoms with Gasteiger partial charge in [0.25, 0.3) is 0 Å². The highest BCUT2D eigenvalue weighted by Gasteiger charge is 2.32. The Labute approximate surface area is 91.6 Å². The largest absolute Gasteiger partial charge is 0.488 e. The fourth-order valence-corrected chi connectivity index (χ4v) is 2.21. The number of hydrogen-bond donors (Lipinski definition) is 1. The van der Waals surface area contributed by atoms with Crippen molar-refractivity contribution in [2.45, 2.75) is 39.3 Å².